The first kappa shape index (κ1) is 11.7. The van der Waals surface area contributed by atoms with Gasteiger partial charge in [0.05, 0.1) is 0 Å². The second-order valence-corrected chi connectivity index (χ2v) is 4.80. The number of pyridine rings is 1. The molecule has 0 bridgehead atoms. The molecule has 3 nitrogen and oxygen atoms in total. The van der Waals surface area contributed by atoms with Crippen molar-refractivity contribution < 1.29 is 9.13 Å². The fraction of sp³-hybridized carbons (Fsp3) is 0.545. The van der Waals surface area contributed by atoms with Crippen molar-refractivity contribution in [1.82, 2.24) is 10.3 Å². The van der Waals surface area contributed by atoms with Crippen molar-refractivity contribution in [2.45, 2.75) is 12.5 Å². The van der Waals surface area contributed by atoms with Crippen LogP contribution in [-0.2, 0) is 0 Å². The monoisotopic (exact) mass is 242 g/mol. The third-order valence-corrected chi connectivity index (χ3v) is 3.59. The third kappa shape index (κ3) is 3.35. The van der Waals surface area contributed by atoms with Crippen LogP contribution in [0.3, 0.4) is 0 Å². The summed E-state index contributed by atoms with van der Waals surface area (Å²) in [4.78, 5) is 3.82. The fourth-order valence-corrected chi connectivity index (χ4v) is 2.77. The standard InChI is InChI=1S/C11H15FN2OS/c12-10-2-1-4-14-11(10)15-6-5-13-9-3-7-16-8-9/h1-2,4,9,13H,3,5-8H2. The van der Waals surface area contributed by atoms with Gasteiger partial charge in [-0.25, -0.2) is 9.37 Å². The molecule has 1 aromatic rings. The predicted octanol–water partition coefficient (Wildman–Crippen LogP) is 1.69. The van der Waals surface area contributed by atoms with E-state index in [-0.39, 0.29) is 5.88 Å². The maximum Gasteiger partial charge on any atom is 0.250 e. The molecule has 1 N–H and O–H groups in total. The van der Waals surface area contributed by atoms with Gasteiger partial charge in [-0.15, -0.1) is 0 Å². The zero-order chi connectivity index (χ0) is 11.2. The van der Waals surface area contributed by atoms with Crippen LogP contribution in [0.15, 0.2) is 18.3 Å². The van der Waals surface area contributed by atoms with E-state index in [1.165, 1.54) is 24.4 Å². The molecule has 1 aliphatic heterocycles. The SMILES string of the molecule is Fc1cccnc1OCCNC1CCSC1. The van der Waals surface area contributed by atoms with Crippen molar-refractivity contribution in [3.8, 4) is 5.88 Å². The van der Waals surface area contributed by atoms with Crippen molar-refractivity contribution in [2.75, 3.05) is 24.7 Å². The molecule has 1 unspecified atom stereocenters. The minimum absolute atomic E-state index is 0.0881. The summed E-state index contributed by atoms with van der Waals surface area (Å²) in [5.74, 6) is 2.08. The largest absolute Gasteiger partial charge is 0.474 e. The Hall–Kier alpha value is -0.810. The lowest BCUT2D eigenvalue weighted by atomic mass is 10.3. The number of ether oxygens (including phenoxy) is 1. The van der Waals surface area contributed by atoms with Gasteiger partial charge in [0.25, 0.3) is 0 Å². The molecule has 88 valence electrons. The summed E-state index contributed by atoms with van der Waals surface area (Å²) in [7, 11) is 0. The molecule has 0 spiro atoms. The van der Waals surface area contributed by atoms with E-state index in [9.17, 15) is 4.39 Å². The van der Waals surface area contributed by atoms with E-state index in [0.29, 0.717) is 12.6 Å². The van der Waals surface area contributed by atoms with Crippen LogP contribution >= 0.6 is 11.8 Å². The van der Waals surface area contributed by atoms with Gasteiger partial charge in [-0.1, -0.05) is 0 Å². The van der Waals surface area contributed by atoms with Crippen molar-refractivity contribution in [2.24, 2.45) is 0 Å². The maximum atomic E-state index is 13.1. The molecule has 1 aliphatic rings. The van der Waals surface area contributed by atoms with Gasteiger partial charge < -0.3 is 10.1 Å². The summed E-state index contributed by atoms with van der Waals surface area (Å²) >= 11 is 1.96. The first-order valence-corrected chi connectivity index (χ1v) is 6.56. The number of hydrogen-bond acceptors (Lipinski definition) is 4. The second kappa shape index (κ2) is 6.06. The zero-order valence-corrected chi connectivity index (χ0v) is 9.80. The van der Waals surface area contributed by atoms with Crippen LogP contribution in [0.4, 0.5) is 4.39 Å². The van der Waals surface area contributed by atoms with E-state index < -0.39 is 5.82 Å². The Bertz CT molecular complexity index is 332. The highest BCUT2D eigenvalue weighted by molar-refractivity contribution is 7.99. The molecule has 2 rings (SSSR count). The third-order valence-electron chi connectivity index (χ3n) is 2.43. The highest BCUT2D eigenvalue weighted by Crippen LogP contribution is 2.16. The molecule has 0 aromatic carbocycles. The normalized spacial score (nSPS) is 19.9. The van der Waals surface area contributed by atoms with Gasteiger partial charge in [-0.2, -0.15) is 11.8 Å². The molecule has 0 aliphatic carbocycles. The molecule has 1 aromatic heterocycles. The summed E-state index contributed by atoms with van der Waals surface area (Å²) < 4.78 is 18.3. The summed E-state index contributed by atoms with van der Waals surface area (Å²) in [5, 5.41) is 3.38. The number of thioether (sulfide) groups is 1. The second-order valence-electron chi connectivity index (χ2n) is 3.65. The van der Waals surface area contributed by atoms with Gasteiger partial charge in [0.1, 0.15) is 6.61 Å². The lowest BCUT2D eigenvalue weighted by Crippen LogP contribution is -2.32. The molecular formula is C11H15FN2OS. The summed E-state index contributed by atoms with van der Waals surface area (Å²) in [6.45, 7) is 1.19. The minimum atomic E-state index is -0.404. The van der Waals surface area contributed by atoms with E-state index >= 15 is 0 Å². The fourth-order valence-electron chi connectivity index (χ4n) is 1.58. The average Bonchev–Trinajstić information content (AvgIpc) is 2.79. The van der Waals surface area contributed by atoms with Crippen LogP contribution in [0.1, 0.15) is 6.42 Å². The first-order chi connectivity index (χ1) is 7.86. The lowest BCUT2D eigenvalue weighted by molar-refractivity contribution is 0.281. The number of halogens is 1. The van der Waals surface area contributed by atoms with Crippen LogP contribution < -0.4 is 10.1 Å². The Balaban J connectivity index is 1.66. The molecular weight excluding hydrogens is 227 g/mol. The number of hydrogen-bond donors (Lipinski definition) is 1. The quantitative estimate of drug-likeness (QED) is 0.797. The van der Waals surface area contributed by atoms with Crippen molar-refractivity contribution in [1.29, 1.82) is 0 Å². The van der Waals surface area contributed by atoms with Gasteiger partial charge in [-0.05, 0) is 24.3 Å². The molecule has 16 heavy (non-hydrogen) atoms. The predicted molar refractivity (Wildman–Crippen MR) is 63.4 cm³/mol. The Morgan fingerprint density at radius 2 is 2.56 bits per heavy atom. The van der Waals surface area contributed by atoms with Crippen LogP contribution in [0.5, 0.6) is 5.88 Å². The Kier molecular flexibility index (Phi) is 4.42. The van der Waals surface area contributed by atoms with Crippen molar-refractivity contribution in [3.63, 3.8) is 0 Å². The average molecular weight is 242 g/mol. The van der Waals surface area contributed by atoms with E-state index in [1.54, 1.807) is 6.07 Å². The van der Waals surface area contributed by atoms with Crippen LogP contribution in [0, 0.1) is 5.82 Å². The molecule has 2 heterocycles. The van der Waals surface area contributed by atoms with Gasteiger partial charge in [-0.3, -0.25) is 0 Å². The van der Waals surface area contributed by atoms with Gasteiger partial charge in [0, 0.05) is 24.5 Å². The minimum Gasteiger partial charge on any atom is -0.474 e. The lowest BCUT2D eigenvalue weighted by Gasteiger charge is -2.11. The molecule has 1 atom stereocenters. The molecule has 5 heteroatoms. The van der Waals surface area contributed by atoms with Crippen molar-refractivity contribution >= 4 is 11.8 Å². The maximum absolute atomic E-state index is 13.1. The van der Waals surface area contributed by atoms with Gasteiger partial charge in [0.15, 0.2) is 5.82 Å². The topological polar surface area (TPSA) is 34.1 Å². The molecule has 1 saturated heterocycles. The van der Waals surface area contributed by atoms with Crippen LogP contribution in [-0.4, -0.2) is 35.7 Å². The Morgan fingerprint density at radius 3 is 3.31 bits per heavy atom. The Morgan fingerprint density at radius 1 is 1.62 bits per heavy atom. The van der Waals surface area contributed by atoms with E-state index in [4.69, 9.17) is 4.74 Å². The highest BCUT2D eigenvalue weighted by Gasteiger charge is 2.14. The number of aromatic nitrogens is 1. The molecule has 0 saturated carbocycles. The van der Waals surface area contributed by atoms with Gasteiger partial charge in [0.2, 0.25) is 5.88 Å². The molecule has 0 amide bonds. The van der Waals surface area contributed by atoms with Crippen LogP contribution in [0.2, 0.25) is 0 Å². The van der Waals surface area contributed by atoms with E-state index in [1.807, 2.05) is 11.8 Å². The molecule has 0 radical (unpaired) electrons. The molecule has 1 fully saturated rings. The first-order valence-electron chi connectivity index (χ1n) is 5.41. The number of nitrogens with zero attached hydrogens (tertiary/aromatic N) is 1. The number of nitrogens with one attached hydrogen (secondary N) is 1. The van der Waals surface area contributed by atoms with Crippen LogP contribution in [0.25, 0.3) is 0 Å². The summed E-state index contributed by atoms with van der Waals surface area (Å²) in [5.41, 5.74) is 0. The highest BCUT2D eigenvalue weighted by atomic mass is 32.2. The summed E-state index contributed by atoms with van der Waals surface area (Å²) in [6, 6.07) is 3.49. The summed E-state index contributed by atoms with van der Waals surface area (Å²) in [6.07, 6.45) is 2.74. The van der Waals surface area contributed by atoms with Crippen molar-refractivity contribution in [3.05, 3.63) is 24.1 Å². The van der Waals surface area contributed by atoms with Gasteiger partial charge >= 0.3 is 0 Å². The van der Waals surface area contributed by atoms with E-state index in [0.717, 1.165) is 12.3 Å². The number of rotatable bonds is 5. The Labute approximate surface area is 98.8 Å². The zero-order valence-electron chi connectivity index (χ0n) is 8.99. The smallest absolute Gasteiger partial charge is 0.250 e. The van der Waals surface area contributed by atoms with E-state index in [2.05, 4.69) is 10.3 Å².